The molecule has 0 radical (unpaired) electrons. The van der Waals surface area contributed by atoms with Crippen LogP contribution in [0.3, 0.4) is 0 Å². The number of hydrogen-bond acceptors (Lipinski definition) is 2. The van der Waals surface area contributed by atoms with Crippen LogP contribution in [-0.4, -0.2) is 29.9 Å². The van der Waals surface area contributed by atoms with Crippen LogP contribution in [0, 0.1) is 5.41 Å². The van der Waals surface area contributed by atoms with E-state index in [1.54, 1.807) is 12.1 Å². The summed E-state index contributed by atoms with van der Waals surface area (Å²) in [6.07, 6.45) is -0.105. The zero-order valence-electron chi connectivity index (χ0n) is 14.6. The SMILES string of the molecule is O=C(NCc1ccccc1COc1ccccc1Cl)N1CC2(C1)CC2(F)F. The second kappa shape index (κ2) is 6.68. The van der Waals surface area contributed by atoms with E-state index in [1.165, 1.54) is 4.90 Å². The first-order valence-electron chi connectivity index (χ1n) is 8.75. The normalized spacial score (nSPS) is 18.7. The van der Waals surface area contributed by atoms with Gasteiger partial charge in [0.15, 0.2) is 0 Å². The van der Waals surface area contributed by atoms with Crippen molar-refractivity contribution in [2.45, 2.75) is 25.5 Å². The fourth-order valence-electron chi connectivity index (χ4n) is 3.42. The average molecular weight is 393 g/mol. The molecular weight excluding hydrogens is 374 g/mol. The Balaban J connectivity index is 1.32. The van der Waals surface area contributed by atoms with E-state index in [9.17, 15) is 13.6 Å². The number of rotatable bonds is 5. The van der Waals surface area contributed by atoms with Gasteiger partial charge in [0.2, 0.25) is 0 Å². The molecule has 1 spiro atoms. The average Bonchev–Trinajstić information content (AvgIpc) is 3.21. The van der Waals surface area contributed by atoms with Crippen molar-refractivity contribution in [3.8, 4) is 5.75 Å². The van der Waals surface area contributed by atoms with E-state index < -0.39 is 11.3 Å². The number of carbonyl (C=O) groups is 1. The lowest BCUT2D eigenvalue weighted by Gasteiger charge is -2.39. The summed E-state index contributed by atoms with van der Waals surface area (Å²) >= 11 is 6.10. The molecule has 142 valence electrons. The number of benzene rings is 2. The van der Waals surface area contributed by atoms with E-state index in [0.29, 0.717) is 23.9 Å². The van der Waals surface area contributed by atoms with Crippen LogP contribution in [0.5, 0.6) is 5.75 Å². The van der Waals surface area contributed by atoms with Crippen molar-refractivity contribution in [2.24, 2.45) is 5.41 Å². The second-order valence-electron chi connectivity index (χ2n) is 7.16. The van der Waals surface area contributed by atoms with Gasteiger partial charge in [-0.2, -0.15) is 0 Å². The molecule has 1 aliphatic carbocycles. The zero-order valence-corrected chi connectivity index (χ0v) is 15.3. The van der Waals surface area contributed by atoms with Crippen LogP contribution in [0.1, 0.15) is 17.5 Å². The van der Waals surface area contributed by atoms with Gasteiger partial charge in [0.05, 0.1) is 10.4 Å². The first-order chi connectivity index (χ1) is 12.9. The highest BCUT2D eigenvalue weighted by Crippen LogP contribution is 2.65. The number of halogens is 3. The van der Waals surface area contributed by atoms with Gasteiger partial charge in [-0.15, -0.1) is 0 Å². The minimum absolute atomic E-state index is 0.105. The smallest absolute Gasteiger partial charge is 0.317 e. The third-order valence-corrected chi connectivity index (χ3v) is 5.57. The van der Waals surface area contributed by atoms with Crippen molar-refractivity contribution in [2.75, 3.05) is 13.1 Å². The lowest BCUT2D eigenvalue weighted by atomic mass is 9.96. The van der Waals surface area contributed by atoms with Gasteiger partial charge in [0.1, 0.15) is 12.4 Å². The van der Waals surface area contributed by atoms with Crippen LogP contribution in [-0.2, 0) is 13.2 Å². The van der Waals surface area contributed by atoms with Crippen LogP contribution in [0.2, 0.25) is 5.02 Å². The molecule has 0 unspecified atom stereocenters. The summed E-state index contributed by atoms with van der Waals surface area (Å²) in [5, 5.41) is 3.34. The molecule has 2 aliphatic rings. The number of para-hydroxylation sites is 1. The van der Waals surface area contributed by atoms with Crippen LogP contribution in [0.25, 0.3) is 0 Å². The van der Waals surface area contributed by atoms with Gasteiger partial charge in [-0.1, -0.05) is 48.0 Å². The van der Waals surface area contributed by atoms with E-state index in [-0.39, 0.29) is 25.5 Å². The fourth-order valence-corrected chi connectivity index (χ4v) is 3.61. The third kappa shape index (κ3) is 3.46. The largest absolute Gasteiger partial charge is 0.487 e. The van der Waals surface area contributed by atoms with E-state index in [2.05, 4.69) is 5.32 Å². The van der Waals surface area contributed by atoms with Crippen LogP contribution >= 0.6 is 11.6 Å². The zero-order chi connectivity index (χ0) is 19.1. The highest BCUT2D eigenvalue weighted by molar-refractivity contribution is 6.32. The number of alkyl halides is 2. The number of urea groups is 1. The van der Waals surface area contributed by atoms with Gasteiger partial charge in [-0.05, 0) is 23.3 Å². The number of nitrogens with one attached hydrogen (secondary N) is 1. The minimum Gasteiger partial charge on any atom is -0.487 e. The molecular formula is C20H19ClF2N2O2. The molecule has 2 fully saturated rings. The summed E-state index contributed by atoms with van der Waals surface area (Å²) in [5.41, 5.74) is 0.877. The summed E-state index contributed by atoms with van der Waals surface area (Å²) in [5.74, 6) is -2.01. The Labute approximate surface area is 161 Å². The predicted molar refractivity (Wildman–Crippen MR) is 98.0 cm³/mol. The van der Waals surface area contributed by atoms with Gasteiger partial charge in [-0.3, -0.25) is 0 Å². The Hall–Kier alpha value is -2.34. The summed E-state index contributed by atoms with van der Waals surface area (Å²) in [6, 6.07) is 14.5. The van der Waals surface area contributed by atoms with Crippen molar-refractivity contribution >= 4 is 17.6 Å². The molecule has 1 saturated carbocycles. The number of nitrogens with zero attached hydrogens (tertiary/aromatic N) is 1. The maximum Gasteiger partial charge on any atom is 0.317 e. The molecule has 0 atom stereocenters. The summed E-state index contributed by atoms with van der Waals surface area (Å²) in [7, 11) is 0. The van der Waals surface area contributed by atoms with Crippen molar-refractivity contribution in [1.82, 2.24) is 10.2 Å². The maximum atomic E-state index is 13.2. The molecule has 1 aliphatic heterocycles. The molecule has 0 aromatic heterocycles. The van der Waals surface area contributed by atoms with Gasteiger partial charge in [0.25, 0.3) is 5.92 Å². The topological polar surface area (TPSA) is 41.6 Å². The van der Waals surface area contributed by atoms with Crippen molar-refractivity contribution in [3.05, 3.63) is 64.7 Å². The Kier molecular flexibility index (Phi) is 4.46. The molecule has 27 heavy (non-hydrogen) atoms. The summed E-state index contributed by atoms with van der Waals surface area (Å²) in [6.45, 7) is 0.877. The monoisotopic (exact) mass is 392 g/mol. The van der Waals surface area contributed by atoms with Crippen LogP contribution in [0.15, 0.2) is 48.5 Å². The van der Waals surface area contributed by atoms with Crippen LogP contribution in [0.4, 0.5) is 13.6 Å². The molecule has 4 rings (SSSR count). The summed E-state index contributed by atoms with van der Waals surface area (Å²) < 4.78 is 32.3. The Bertz CT molecular complexity index is 869. The van der Waals surface area contributed by atoms with E-state index in [4.69, 9.17) is 16.3 Å². The van der Waals surface area contributed by atoms with Gasteiger partial charge in [0, 0.05) is 26.1 Å². The standard InChI is InChI=1S/C20H19ClF2N2O2/c21-16-7-3-4-8-17(16)27-10-15-6-2-1-5-14(15)9-24-18(26)25-12-19(13-25)11-20(19,22)23/h1-8H,9-13H2,(H,24,26). The first-order valence-corrected chi connectivity index (χ1v) is 9.13. The Morgan fingerprint density at radius 3 is 2.41 bits per heavy atom. The van der Waals surface area contributed by atoms with Gasteiger partial charge >= 0.3 is 6.03 Å². The molecule has 4 nitrogen and oxygen atoms in total. The molecule has 2 aromatic rings. The summed E-state index contributed by atoms with van der Waals surface area (Å²) in [4.78, 5) is 13.6. The van der Waals surface area contributed by atoms with E-state index >= 15 is 0 Å². The number of likely N-dealkylation sites (tertiary alicyclic amines) is 1. The Morgan fingerprint density at radius 1 is 1.11 bits per heavy atom. The highest BCUT2D eigenvalue weighted by Gasteiger charge is 2.76. The number of ether oxygens (including phenoxy) is 1. The lowest BCUT2D eigenvalue weighted by Crippen LogP contribution is -2.56. The lowest BCUT2D eigenvalue weighted by molar-refractivity contribution is -0.00512. The fraction of sp³-hybridized carbons (Fsp3) is 0.350. The minimum atomic E-state index is -2.60. The Morgan fingerprint density at radius 2 is 1.74 bits per heavy atom. The molecule has 0 bridgehead atoms. The van der Waals surface area contributed by atoms with E-state index in [1.807, 2.05) is 36.4 Å². The van der Waals surface area contributed by atoms with Gasteiger partial charge < -0.3 is 15.0 Å². The molecule has 2 aromatic carbocycles. The first kappa shape index (κ1) is 18.0. The van der Waals surface area contributed by atoms with E-state index in [0.717, 1.165) is 11.1 Å². The predicted octanol–water partition coefficient (Wildman–Crippen LogP) is 4.47. The molecule has 1 heterocycles. The number of hydrogen-bond donors (Lipinski definition) is 1. The van der Waals surface area contributed by atoms with Crippen LogP contribution < -0.4 is 10.1 Å². The molecule has 2 amide bonds. The molecule has 7 heteroatoms. The number of amides is 2. The quantitative estimate of drug-likeness (QED) is 0.815. The molecule has 1 saturated heterocycles. The van der Waals surface area contributed by atoms with Crippen molar-refractivity contribution in [3.63, 3.8) is 0 Å². The maximum absolute atomic E-state index is 13.2. The number of carbonyl (C=O) groups excluding carboxylic acids is 1. The highest BCUT2D eigenvalue weighted by atomic mass is 35.5. The van der Waals surface area contributed by atoms with Crippen molar-refractivity contribution in [1.29, 1.82) is 0 Å². The van der Waals surface area contributed by atoms with Crippen molar-refractivity contribution < 1.29 is 18.3 Å². The molecule has 1 N–H and O–H groups in total. The third-order valence-electron chi connectivity index (χ3n) is 5.25. The second-order valence-corrected chi connectivity index (χ2v) is 7.57. The van der Waals surface area contributed by atoms with Gasteiger partial charge in [-0.25, -0.2) is 13.6 Å².